The summed E-state index contributed by atoms with van der Waals surface area (Å²) in [6.45, 7) is 0. The molecule has 0 radical (unpaired) electrons. The standard InChI is InChI=1S/C6H10ClN3O4S2/c7-4-3-6(8,16(10,13)14)2-1-5(4)15(9,11)12/h1,3H,2,8H2,(H2,9,11,12)(H2,10,13,14). The highest BCUT2D eigenvalue weighted by Gasteiger charge is 2.38. The Morgan fingerprint density at radius 3 is 2.06 bits per heavy atom. The van der Waals surface area contributed by atoms with Crippen molar-refractivity contribution in [2.24, 2.45) is 16.0 Å². The lowest BCUT2D eigenvalue weighted by atomic mass is 10.1. The van der Waals surface area contributed by atoms with Gasteiger partial charge in [-0.2, -0.15) is 0 Å². The molecule has 1 unspecified atom stereocenters. The molecule has 0 spiro atoms. The molecule has 10 heteroatoms. The summed E-state index contributed by atoms with van der Waals surface area (Å²) < 4.78 is 44.3. The molecule has 0 fully saturated rings. The fourth-order valence-corrected chi connectivity index (χ4v) is 3.05. The van der Waals surface area contributed by atoms with Crippen molar-refractivity contribution in [3.63, 3.8) is 0 Å². The van der Waals surface area contributed by atoms with Crippen LogP contribution in [0, 0.1) is 0 Å². The highest BCUT2D eigenvalue weighted by molar-refractivity contribution is 7.93. The second kappa shape index (κ2) is 3.79. The van der Waals surface area contributed by atoms with E-state index in [1.807, 2.05) is 0 Å². The van der Waals surface area contributed by atoms with Crippen LogP contribution in [0.2, 0.25) is 0 Å². The number of halogens is 1. The van der Waals surface area contributed by atoms with Gasteiger partial charge < -0.3 is 5.73 Å². The molecule has 0 aromatic rings. The van der Waals surface area contributed by atoms with Gasteiger partial charge in [-0.25, -0.2) is 27.1 Å². The molecule has 92 valence electrons. The molecule has 0 amide bonds. The van der Waals surface area contributed by atoms with Crippen LogP contribution in [0.5, 0.6) is 0 Å². The molecule has 1 atom stereocenters. The highest BCUT2D eigenvalue weighted by atomic mass is 35.5. The first-order valence-corrected chi connectivity index (χ1v) is 7.37. The van der Waals surface area contributed by atoms with E-state index in [0.29, 0.717) is 0 Å². The van der Waals surface area contributed by atoms with Crippen molar-refractivity contribution in [1.82, 2.24) is 0 Å². The highest BCUT2D eigenvalue weighted by Crippen LogP contribution is 2.31. The molecule has 1 aliphatic carbocycles. The predicted molar refractivity (Wildman–Crippen MR) is 59.8 cm³/mol. The molecule has 0 saturated heterocycles. The van der Waals surface area contributed by atoms with Crippen molar-refractivity contribution < 1.29 is 16.8 Å². The van der Waals surface area contributed by atoms with Crippen LogP contribution in [-0.4, -0.2) is 21.7 Å². The van der Waals surface area contributed by atoms with Crippen LogP contribution < -0.4 is 16.0 Å². The molecule has 1 rings (SSSR count). The third-order valence-electron chi connectivity index (χ3n) is 2.05. The maximum absolute atomic E-state index is 11.1. The minimum atomic E-state index is -4.09. The Labute approximate surface area is 98.0 Å². The van der Waals surface area contributed by atoms with Crippen LogP contribution in [0.1, 0.15) is 6.42 Å². The average molecular weight is 288 g/mol. The normalized spacial score (nSPS) is 27.2. The molecule has 0 aromatic carbocycles. The first kappa shape index (κ1) is 13.6. The SMILES string of the molecule is NC1(S(N)(=O)=O)C=C(Cl)C(S(N)(=O)=O)=CC1. The molecule has 0 aliphatic heterocycles. The zero-order chi connectivity index (χ0) is 12.8. The van der Waals surface area contributed by atoms with Crippen molar-refractivity contribution in [1.29, 1.82) is 0 Å². The summed E-state index contributed by atoms with van der Waals surface area (Å²) in [6.07, 6.45) is 1.58. The number of allylic oxidation sites excluding steroid dienone is 1. The van der Waals surface area contributed by atoms with Crippen LogP contribution in [-0.2, 0) is 20.0 Å². The second-order valence-electron chi connectivity index (χ2n) is 3.31. The third-order valence-corrected chi connectivity index (χ3v) is 4.82. The van der Waals surface area contributed by atoms with Gasteiger partial charge in [-0.05, 0) is 6.08 Å². The first-order valence-electron chi connectivity index (χ1n) is 3.90. The van der Waals surface area contributed by atoms with Crippen LogP contribution in [0.4, 0.5) is 0 Å². The van der Waals surface area contributed by atoms with E-state index in [4.69, 9.17) is 27.6 Å². The van der Waals surface area contributed by atoms with E-state index >= 15 is 0 Å². The van der Waals surface area contributed by atoms with Crippen LogP contribution in [0.3, 0.4) is 0 Å². The number of hydrogen-bond acceptors (Lipinski definition) is 5. The second-order valence-corrected chi connectivity index (χ2v) is 7.10. The van der Waals surface area contributed by atoms with Gasteiger partial charge in [0.1, 0.15) is 0 Å². The Bertz CT molecular complexity index is 577. The molecule has 16 heavy (non-hydrogen) atoms. The van der Waals surface area contributed by atoms with Gasteiger partial charge >= 0.3 is 0 Å². The summed E-state index contributed by atoms with van der Waals surface area (Å²) in [5, 5.41) is 9.39. The van der Waals surface area contributed by atoms with Crippen LogP contribution in [0.15, 0.2) is 22.1 Å². The van der Waals surface area contributed by atoms with E-state index in [1.165, 1.54) is 0 Å². The summed E-state index contributed by atoms with van der Waals surface area (Å²) in [5.41, 5.74) is 5.48. The molecule has 0 heterocycles. The molecular formula is C6H10ClN3O4S2. The number of sulfonamides is 2. The zero-order valence-electron chi connectivity index (χ0n) is 7.92. The summed E-state index contributed by atoms with van der Waals surface area (Å²) in [4.78, 5) is -2.27. The monoisotopic (exact) mass is 287 g/mol. The van der Waals surface area contributed by atoms with Gasteiger partial charge in [-0.3, -0.25) is 0 Å². The van der Waals surface area contributed by atoms with Crippen LogP contribution in [0.25, 0.3) is 0 Å². The van der Waals surface area contributed by atoms with Crippen LogP contribution >= 0.6 is 11.6 Å². The first-order chi connectivity index (χ1) is 6.97. The fourth-order valence-electron chi connectivity index (χ4n) is 1.14. The minimum Gasteiger partial charge on any atom is -0.308 e. The van der Waals surface area contributed by atoms with E-state index < -0.39 is 24.9 Å². The van der Waals surface area contributed by atoms with Crippen molar-refractivity contribution >= 4 is 31.6 Å². The summed E-state index contributed by atoms with van der Waals surface area (Å²) in [7, 11) is -8.09. The number of primary sulfonamides is 2. The van der Waals surface area contributed by atoms with Gasteiger partial charge in [0.05, 0.1) is 9.94 Å². The lowest BCUT2D eigenvalue weighted by molar-refractivity contribution is 0.556. The third kappa shape index (κ3) is 2.44. The smallest absolute Gasteiger partial charge is 0.239 e. The minimum absolute atomic E-state index is 0.312. The Hall–Kier alpha value is -0.450. The maximum atomic E-state index is 11.1. The number of rotatable bonds is 2. The maximum Gasteiger partial charge on any atom is 0.239 e. The summed E-state index contributed by atoms with van der Waals surface area (Å²) in [6, 6.07) is 0. The largest absolute Gasteiger partial charge is 0.308 e. The van der Waals surface area contributed by atoms with E-state index in [2.05, 4.69) is 0 Å². The molecule has 0 bridgehead atoms. The Kier molecular flexibility index (Phi) is 3.22. The van der Waals surface area contributed by atoms with Gasteiger partial charge in [0.15, 0.2) is 4.87 Å². The van der Waals surface area contributed by atoms with Gasteiger partial charge in [0, 0.05) is 6.42 Å². The number of nitrogens with two attached hydrogens (primary N) is 3. The van der Waals surface area contributed by atoms with Gasteiger partial charge in [-0.15, -0.1) is 0 Å². The molecular weight excluding hydrogens is 278 g/mol. The van der Waals surface area contributed by atoms with Crippen molar-refractivity contribution in [3.05, 3.63) is 22.1 Å². The molecule has 6 N–H and O–H groups in total. The van der Waals surface area contributed by atoms with Gasteiger partial charge in [0.2, 0.25) is 20.0 Å². The molecule has 0 aromatic heterocycles. The van der Waals surface area contributed by atoms with E-state index in [-0.39, 0.29) is 16.4 Å². The molecule has 7 nitrogen and oxygen atoms in total. The van der Waals surface area contributed by atoms with Gasteiger partial charge in [-0.1, -0.05) is 17.7 Å². The van der Waals surface area contributed by atoms with Gasteiger partial charge in [0.25, 0.3) is 0 Å². The predicted octanol–water partition coefficient (Wildman–Crippen LogP) is -1.37. The Morgan fingerprint density at radius 1 is 1.25 bits per heavy atom. The molecule has 0 saturated carbocycles. The fraction of sp³-hybridized carbons (Fsp3) is 0.333. The quantitative estimate of drug-likeness (QED) is 0.573. The van der Waals surface area contributed by atoms with Crippen molar-refractivity contribution in [2.75, 3.05) is 0 Å². The van der Waals surface area contributed by atoms with Crippen molar-refractivity contribution in [2.45, 2.75) is 11.3 Å². The zero-order valence-corrected chi connectivity index (χ0v) is 10.3. The average Bonchev–Trinajstić information content (AvgIpc) is 1.98. The Morgan fingerprint density at radius 2 is 1.75 bits per heavy atom. The Balaban J connectivity index is 3.29. The molecule has 1 aliphatic rings. The lowest BCUT2D eigenvalue weighted by Gasteiger charge is -2.26. The summed E-state index contributed by atoms with van der Waals surface area (Å²) >= 11 is 5.59. The van der Waals surface area contributed by atoms with E-state index in [9.17, 15) is 16.8 Å². The van der Waals surface area contributed by atoms with Crippen molar-refractivity contribution in [3.8, 4) is 0 Å². The lowest BCUT2D eigenvalue weighted by Crippen LogP contribution is -2.50. The number of hydrogen-bond donors (Lipinski definition) is 3. The van der Waals surface area contributed by atoms with E-state index in [0.717, 1.165) is 12.2 Å². The van der Waals surface area contributed by atoms with E-state index in [1.54, 1.807) is 0 Å². The topological polar surface area (TPSA) is 146 Å². The summed E-state index contributed by atoms with van der Waals surface area (Å²) in [5.74, 6) is 0.